The van der Waals surface area contributed by atoms with E-state index in [4.69, 9.17) is 4.98 Å². The second kappa shape index (κ2) is 9.02. The van der Waals surface area contributed by atoms with E-state index in [-0.39, 0.29) is 11.3 Å². The molecule has 1 N–H and O–H groups in total. The Kier molecular flexibility index (Phi) is 7.03. The van der Waals surface area contributed by atoms with Crippen LogP contribution < -0.4 is 5.32 Å². The normalized spacial score (nSPS) is 11.8. The van der Waals surface area contributed by atoms with Crippen molar-refractivity contribution >= 4 is 16.9 Å². The van der Waals surface area contributed by atoms with E-state index in [0.717, 1.165) is 29.8 Å². The van der Waals surface area contributed by atoms with Crippen LogP contribution in [-0.2, 0) is 17.9 Å². The maximum absolute atomic E-state index is 12.2. The molecule has 138 valence electrons. The number of aryl methyl sites for hydroxylation is 1. The van der Waals surface area contributed by atoms with Crippen molar-refractivity contribution in [2.75, 3.05) is 0 Å². The third-order valence-electron chi connectivity index (χ3n) is 4.56. The Morgan fingerprint density at radius 2 is 1.76 bits per heavy atom. The fourth-order valence-corrected chi connectivity index (χ4v) is 2.98. The van der Waals surface area contributed by atoms with E-state index in [1.165, 1.54) is 32.1 Å². The van der Waals surface area contributed by atoms with Gasteiger partial charge in [0.1, 0.15) is 5.82 Å². The molecule has 0 aliphatic carbocycles. The van der Waals surface area contributed by atoms with Crippen molar-refractivity contribution in [1.29, 1.82) is 0 Å². The quantitative estimate of drug-likeness (QED) is 0.647. The first-order chi connectivity index (χ1) is 11.9. The van der Waals surface area contributed by atoms with Crippen LogP contribution >= 0.6 is 0 Å². The van der Waals surface area contributed by atoms with Crippen LogP contribution in [-0.4, -0.2) is 15.5 Å². The van der Waals surface area contributed by atoms with Gasteiger partial charge in [-0.3, -0.25) is 4.79 Å². The van der Waals surface area contributed by atoms with E-state index in [9.17, 15) is 4.79 Å². The molecule has 2 aromatic rings. The summed E-state index contributed by atoms with van der Waals surface area (Å²) in [6.07, 6.45) is 7.65. The van der Waals surface area contributed by atoms with Crippen LogP contribution in [0, 0.1) is 5.41 Å². The molecule has 0 radical (unpaired) electrons. The standard InChI is InChI=1S/C21H33N3O/c1-5-6-7-8-9-12-15-24-18-14-11-10-13-17(18)23-19(24)16-22-20(25)21(2,3)4/h10-11,13-14H,5-9,12,15-16H2,1-4H3,(H,22,25). The molecule has 0 atom stereocenters. The summed E-state index contributed by atoms with van der Waals surface area (Å²) < 4.78 is 2.28. The largest absolute Gasteiger partial charge is 0.348 e. The molecule has 1 heterocycles. The van der Waals surface area contributed by atoms with E-state index in [1.807, 2.05) is 32.9 Å². The third kappa shape index (κ3) is 5.58. The number of carbonyl (C=O) groups is 1. The Morgan fingerprint density at radius 3 is 2.48 bits per heavy atom. The van der Waals surface area contributed by atoms with Gasteiger partial charge < -0.3 is 9.88 Å². The minimum atomic E-state index is -0.379. The van der Waals surface area contributed by atoms with E-state index in [0.29, 0.717) is 6.54 Å². The van der Waals surface area contributed by atoms with Gasteiger partial charge in [-0.25, -0.2) is 4.98 Å². The first-order valence-electron chi connectivity index (χ1n) is 9.66. The van der Waals surface area contributed by atoms with Crippen molar-refractivity contribution in [3.05, 3.63) is 30.1 Å². The van der Waals surface area contributed by atoms with Gasteiger partial charge in [-0.2, -0.15) is 0 Å². The minimum Gasteiger partial charge on any atom is -0.348 e. The Bertz CT molecular complexity index is 682. The molecule has 0 saturated heterocycles. The van der Waals surface area contributed by atoms with Crippen molar-refractivity contribution in [2.45, 2.75) is 79.3 Å². The summed E-state index contributed by atoms with van der Waals surface area (Å²) in [5.41, 5.74) is 1.79. The molecule has 4 nitrogen and oxygen atoms in total. The van der Waals surface area contributed by atoms with Gasteiger partial charge in [0.25, 0.3) is 0 Å². The Labute approximate surface area is 152 Å². The summed E-state index contributed by atoms with van der Waals surface area (Å²) in [5.74, 6) is 1.01. The zero-order valence-electron chi connectivity index (χ0n) is 16.3. The number of amides is 1. The van der Waals surface area contributed by atoms with Crippen LogP contribution in [0.4, 0.5) is 0 Å². The fourth-order valence-electron chi connectivity index (χ4n) is 2.98. The fraction of sp³-hybridized carbons (Fsp3) is 0.619. The SMILES string of the molecule is CCCCCCCCn1c(CNC(=O)C(C)(C)C)nc2ccccc21. The number of para-hydroxylation sites is 2. The van der Waals surface area contributed by atoms with Gasteiger partial charge in [-0.1, -0.05) is 71.9 Å². The van der Waals surface area contributed by atoms with Gasteiger partial charge in [0.2, 0.25) is 5.91 Å². The Balaban J connectivity index is 2.04. The maximum Gasteiger partial charge on any atom is 0.225 e. The molecule has 0 unspecified atom stereocenters. The molecule has 4 heteroatoms. The number of nitrogens with zero attached hydrogens (tertiary/aromatic N) is 2. The predicted molar refractivity (Wildman–Crippen MR) is 104 cm³/mol. The van der Waals surface area contributed by atoms with Crippen molar-refractivity contribution < 1.29 is 4.79 Å². The smallest absolute Gasteiger partial charge is 0.225 e. The lowest BCUT2D eigenvalue weighted by Crippen LogP contribution is -2.35. The van der Waals surface area contributed by atoms with Crippen molar-refractivity contribution in [3.8, 4) is 0 Å². The van der Waals surface area contributed by atoms with Crippen LogP contribution in [0.25, 0.3) is 11.0 Å². The molecule has 0 aliphatic heterocycles. The second-order valence-electron chi connectivity index (χ2n) is 7.87. The molecule has 0 aliphatic rings. The lowest BCUT2D eigenvalue weighted by Gasteiger charge is -2.18. The average Bonchev–Trinajstić information content (AvgIpc) is 2.92. The summed E-state index contributed by atoms with van der Waals surface area (Å²) >= 11 is 0. The molecule has 2 rings (SSSR count). The van der Waals surface area contributed by atoms with E-state index in [1.54, 1.807) is 0 Å². The molecule has 25 heavy (non-hydrogen) atoms. The number of benzene rings is 1. The molecular formula is C21H33N3O. The summed E-state index contributed by atoms with van der Waals surface area (Å²) in [6.45, 7) is 9.49. The minimum absolute atomic E-state index is 0.0608. The number of rotatable bonds is 9. The van der Waals surface area contributed by atoms with Gasteiger partial charge in [0.15, 0.2) is 0 Å². The first-order valence-corrected chi connectivity index (χ1v) is 9.66. The highest BCUT2D eigenvalue weighted by Gasteiger charge is 2.21. The molecule has 0 fully saturated rings. The summed E-state index contributed by atoms with van der Waals surface area (Å²) in [5, 5.41) is 3.04. The lowest BCUT2D eigenvalue weighted by molar-refractivity contribution is -0.128. The second-order valence-corrected chi connectivity index (χ2v) is 7.87. The summed E-state index contributed by atoms with van der Waals surface area (Å²) in [6, 6.07) is 8.23. The summed E-state index contributed by atoms with van der Waals surface area (Å²) in [7, 11) is 0. The molecule has 0 saturated carbocycles. The van der Waals surface area contributed by atoms with Crippen molar-refractivity contribution in [3.63, 3.8) is 0 Å². The number of imidazole rings is 1. The summed E-state index contributed by atoms with van der Waals surface area (Å²) in [4.78, 5) is 16.9. The zero-order chi connectivity index (χ0) is 18.3. The van der Waals surface area contributed by atoms with Crippen molar-refractivity contribution in [1.82, 2.24) is 14.9 Å². The van der Waals surface area contributed by atoms with Crippen LogP contribution in [0.5, 0.6) is 0 Å². The van der Waals surface area contributed by atoms with E-state index in [2.05, 4.69) is 28.9 Å². The molecule has 1 aromatic carbocycles. The van der Waals surface area contributed by atoms with Crippen LogP contribution in [0.2, 0.25) is 0 Å². The molecular weight excluding hydrogens is 310 g/mol. The number of carbonyl (C=O) groups excluding carboxylic acids is 1. The number of nitrogens with one attached hydrogen (secondary N) is 1. The number of fused-ring (bicyclic) bond motifs is 1. The number of unbranched alkanes of at least 4 members (excludes halogenated alkanes) is 5. The number of hydrogen-bond donors (Lipinski definition) is 1. The number of aromatic nitrogens is 2. The van der Waals surface area contributed by atoms with Gasteiger partial charge in [0.05, 0.1) is 17.6 Å². The zero-order valence-corrected chi connectivity index (χ0v) is 16.3. The topological polar surface area (TPSA) is 46.9 Å². The molecule has 0 spiro atoms. The Morgan fingerprint density at radius 1 is 1.08 bits per heavy atom. The first kappa shape index (κ1) is 19.5. The van der Waals surface area contributed by atoms with Crippen LogP contribution in [0.15, 0.2) is 24.3 Å². The van der Waals surface area contributed by atoms with Crippen LogP contribution in [0.1, 0.15) is 72.0 Å². The van der Waals surface area contributed by atoms with Gasteiger partial charge >= 0.3 is 0 Å². The highest BCUT2D eigenvalue weighted by Crippen LogP contribution is 2.19. The number of hydrogen-bond acceptors (Lipinski definition) is 2. The van der Waals surface area contributed by atoms with Gasteiger partial charge in [-0.05, 0) is 18.6 Å². The monoisotopic (exact) mass is 343 g/mol. The maximum atomic E-state index is 12.2. The van der Waals surface area contributed by atoms with Gasteiger partial charge in [-0.15, -0.1) is 0 Å². The molecule has 1 amide bonds. The Hall–Kier alpha value is -1.84. The highest BCUT2D eigenvalue weighted by atomic mass is 16.2. The average molecular weight is 344 g/mol. The lowest BCUT2D eigenvalue weighted by atomic mass is 9.96. The molecule has 1 aromatic heterocycles. The highest BCUT2D eigenvalue weighted by molar-refractivity contribution is 5.81. The van der Waals surface area contributed by atoms with Crippen molar-refractivity contribution in [2.24, 2.45) is 5.41 Å². The van der Waals surface area contributed by atoms with E-state index >= 15 is 0 Å². The van der Waals surface area contributed by atoms with E-state index < -0.39 is 0 Å². The molecule has 0 bridgehead atoms. The third-order valence-corrected chi connectivity index (χ3v) is 4.56. The van der Waals surface area contributed by atoms with Crippen LogP contribution in [0.3, 0.4) is 0 Å². The van der Waals surface area contributed by atoms with Gasteiger partial charge in [0, 0.05) is 12.0 Å². The predicted octanol–water partition coefficient (Wildman–Crippen LogP) is 5.06.